The van der Waals surface area contributed by atoms with Crippen LogP contribution in [0.4, 0.5) is 0 Å². The quantitative estimate of drug-likeness (QED) is 0.648. The lowest BCUT2D eigenvalue weighted by Crippen LogP contribution is -1.87. The number of rotatable bonds is 2. The Kier molecular flexibility index (Phi) is 3.01. The SMILES string of the molecule is COc1cccc(-c2coc3c(C)c(C)cc(C)c23)c1. The second kappa shape index (κ2) is 4.71. The molecule has 0 bridgehead atoms. The van der Waals surface area contributed by atoms with Crippen LogP contribution in [0.1, 0.15) is 16.7 Å². The Labute approximate surface area is 119 Å². The van der Waals surface area contributed by atoms with Crippen LogP contribution in [0.5, 0.6) is 5.75 Å². The first-order valence-corrected chi connectivity index (χ1v) is 6.74. The molecule has 20 heavy (non-hydrogen) atoms. The summed E-state index contributed by atoms with van der Waals surface area (Å²) in [6.07, 6.45) is 1.85. The van der Waals surface area contributed by atoms with Crippen molar-refractivity contribution in [2.75, 3.05) is 7.11 Å². The smallest absolute Gasteiger partial charge is 0.137 e. The van der Waals surface area contributed by atoms with Gasteiger partial charge in [0.05, 0.1) is 13.4 Å². The molecule has 0 amide bonds. The van der Waals surface area contributed by atoms with Gasteiger partial charge in [0.2, 0.25) is 0 Å². The van der Waals surface area contributed by atoms with E-state index in [0.29, 0.717) is 0 Å². The molecule has 2 aromatic carbocycles. The van der Waals surface area contributed by atoms with Gasteiger partial charge in [-0.1, -0.05) is 18.2 Å². The Hall–Kier alpha value is -2.22. The zero-order valence-corrected chi connectivity index (χ0v) is 12.3. The summed E-state index contributed by atoms with van der Waals surface area (Å²) >= 11 is 0. The predicted octanol–water partition coefficient (Wildman–Crippen LogP) is 5.03. The fraction of sp³-hybridized carbons (Fsp3) is 0.222. The van der Waals surface area contributed by atoms with Crippen LogP contribution in [0.25, 0.3) is 22.1 Å². The van der Waals surface area contributed by atoms with Gasteiger partial charge in [0, 0.05) is 10.9 Å². The van der Waals surface area contributed by atoms with Gasteiger partial charge >= 0.3 is 0 Å². The van der Waals surface area contributed by atoms with E-state index in [9.17, 15) is 0 Å². The predicted molar refractivity (Wildman–Crippen MR) is 82.4 cm³/mol. The molecule has 0 aliphatic heterocycles. The maximum absolute atomic E-state index is 5.83. The third kappa shape index (κ3) is 1.88. The number of fused-ring (bicyclic) bond motifs is 1. The summed E-state index contributed by atoms with van der Waals surface area (Å²) in [5.74, 6) is 0.860. The van der Waals surface area contributed by atoms with E-state index in [0.717, 1.165) is 22.5 Å². The minimum Gasteiger partial charge on any atom is -0.497 e. The molecule has 102 valence electrons. The lowest BCUT2D eigenvalue weighted by molar-refractivity contribution is 0.415. The molecular formula is C18H18O2. The molecule has 1 heterocycles. The van der Waals surface area contributed by atoms with Gasteiger partial charge in [-0.15, -0.1) is 0 Å². The second-order valence-electron chi connectivity index (χ2n) is 5.22. The normalized spacial score (nSPS) is 11.0. The van der Waals surface area contributed by atoms with Crippen molar-refractivity contribution in [3.63, 3.8) is 0 Å². The van der Waals surface area contributed by atoms with Crippen molar-refractivity contribution < 1.29 is 9.15 Å². The maximum atomic E-state index is 5.83. The van der Waals surface area contributed by atoms with Gasteiger partial charge in [-0.3, -0.25) is 0 Å². The van der Waals surface area contributed by atoms with E-state index in [1.54, 1.807) is 7.11 Å². The number of furan rings is 1. The molecule has 3 rings (SSSR count). The highest BCUT2D eigenvalue weighted by Crippen LogP contribution is 2.36. The molecule has 0 fully saturated rings. The summed E-state index contributed by atoms with van der Waals surface area (Å²) in [5.41, 5.74) is 6.95. The van der Waals surface area contributed by atoms with Gasteiger partial charge in [-0.2, -0.15) is 0 Å². The van der Waals surface area contributed by atoms with Crippen molar-refractivity contribution in [2.45, 2.75) is 20.8 Å². The minimum absolute atomic E-state index is 0.860. The summed E-state index contributed by atoms with van der Waals surface area (Å²) in [7, 11) is 1.69. The van der Waals surface area contributed by atoms with Crippen LogP contribution in [-0.2, 0) is 0 Å². The molecule has 0 unspecified atom stereocenters. The van der Waals surface area contributed by atoms with Crippen molar-refractivity contribution in [3.8, 4) is 16.9 Å². The van der Waals surface area contributed by atoms with Crippen LogP contribution in [-0.4, -0.2) is 7.11 Å². The van der Waals surface area contributed by atoms with Crippen molar-refractivity contribution >= 4 is 11.0 Å². The van der Waals surface area contributed by atoms with Crippen LogP contribution in [0.2, 0.25) is 0 Å². The monoisotopic (exact) mass is 266 g/mol. The number of benzene rings is 2. The highest BCUT2D eigenvalue weighted by molar-refractivity contribution is 5.98. The molecule has 1 aromatic heterocycles. The molecule has 0 N–H and O–H groups in total. The largest absolute Gasteiger partial charge is 0.497 e. The maximum Gasteiger partial charge on any atom is 0.137 e. The Morgan fingerprint density at radius 1 is 1.00 bits per heavy atom. The van der Waals surface area contributed by atoms with Crippen molar-refractivity contribution in [2.24, 2.45) is 0 Å². The zero-order valence-electron chi connectivity index (χ0n) is 12.3. The molecule has 0 saturated carbocycles. The molecule has 0 atom stereocenters. The van der Waals surface area contributed by atoms with Gasteiger partial charge < -0.3 is 9.15 Å². The first-order chi connectivity index (χ1) is 9.61. The molecular weight excluding hydrogens is 248 g/mol. The van der Waals surface area contributed by atoms with E-state index in [2.05, 4.69) is 32.9 Å². The molecule has 0 saturated heterocycles. The van der Waals surface area contributed by atoms with Crippen molar-refractivity contribution in [3.05, 3.63) is 53.3 Å². The van der Waals surface area contributed by atoms with Crippen LogP contribution in [0, 0.1) is 20.8 Å². The molecule has 3 aromatic rings. The molecule has 0 radical (unpaired) electrons. The Bertz CT molecular complexity index is 781. The van der Waals surface area contributed by atoms with Gasteiger partial charge in [-0.25, -0.2) is 0 Å². The summed E-state index contributed by atoms with van der Waals surface area (Å²) in [6, 6.07) is 10.3. The first-order valence-electron chi connectivity index (χ1n) is 6.74. The highest BCUT2D eigenvalue weighted by Gasteiger charge is 2.14. The number of hydrogen-bond acceptors (Lipinski definition) is 2. The minimum atomic E-state index is 0.860. The number of hydrogen-bond donors (Lipinski definition) is 0. The lowest BCUT2D eigenvalue weighted by Gasteiger charge is -2.07. The number of methoxy groups -OCH3 is 1. The van der Waals surface area contributed by atoms with Crippen molar-refractivity contribution in [1.82, 2.24) is 0 Å². The Morgan fingerprint density at radius 2 is 1.80 bits per heavy atom. The molecule has 2 nitrogen and oxygen atoms in total. The summed E-state index contributed by atoms with van der Waals surface area (Å²) in [4.78, 5) is 0. The molecule has 0 aliphatic rings. The molecule has 0 spiro atoms. The van der Waals surface area contributed by atoms with E-state index < -0.39 is 0 Å². The van der Waals surface area contributed by atoms with Crippen LogP contribution in [0.3, 0.4) is 0 Å². The van der Waals surface area contributed by atoms with Crippen molar-refractivity contribution in [1.29, 1.82) is 0 Å². The Balaban J connectivity index is 2.29. The average molecular weight is 266 g/mol. The Morgan fingerprint density at radius 3 is 2.55 bits per heavy atom. The summed E-state index contributed by atoms with van der Waals surface area (Å²) in [5, 5.41) is 1.20. The average Bonchev–Trinajstić information content (AvgIpc) is 2.90. The van der Waals surface area contributed by atoms with Gasteiger partial charge in [0.15, 0.2) is 0 Å². The van der Waals surface area contributed by atoms with Gasteiger partial charge in [-0.05, 0) is 55.2 Å². The highest BCUT2D eigenvalue weighted by atomic mass is 16.5. The van der Waals surface area contributed by atoms with E-state index in [-0.39, 0.29) is 0 Å². The first kappa shape index (κ1) is 12.8. The summed E-state index contributed by atoms with van der Waals surface area (Å²) in [6.45, 7) is 6.36. The van der Waals surface area contributed by atoms with Crippen LogP contribution in [0.15, 0.2) is 41.0 Å². The topological polar surface area (TPSA) is 22.4 Å². The molecule has 0 aliphatic carbocycles. The zero-order chi connectivity index (χ0) is 14.3. The van der Waals surface area contributed by atoms with Crippen LogP contribution >= 0.6 is 0 Å². The second-order valence-corrected chi connectivity index (χ2v) is 5.22. The third-order valence-corrected chi connectivity index (χ3v) is 3.93. The molecule has 2 heteroatoms. The number of aryl methyl sites for hydroxylation is 3. The standard InChI is InChI=1S/C18H18O2/c1-11-8-12(2)17-16(10-20-18(17)13(11)3)14-6-5-7-15(9-14)19-4/h5-10H,1-4H3. The van der Waals surface area contributed by atoms with Crippen LogP contribution < -0.4 is 4.74 Å². The third-order valence-electron chi connectivity index (χ3n) is 3.93. The lowest BCUT2D eigenvalue weighted by atomic mass is 9.97. The van der Waals surface area contributed by atoms with Gasteiger partial charge in [0.25, 0.3) is 0 Å². The summed E-state index contributed by atoms with van der Waals surface area (Å²) < 4.78 is 11.1. The van der Waals surface area contributed by atoms with E-state index >= 15 is 0 Å². The van der Waals surface area contributed by atoms with Gasteiger partial charge in [0.1, 0.15) is 11.3 Å². The van der Waals surface area contributed by atoms with E-state index in [1.165, 1.54) is 22.1 Å². The number of ether oxygens (including phenoxy) is 1. The van der Waals surface area contributed by atoms with E-state index in [1.807, 2.05) is 24.5 Å². The fourth-order valence-corrected chi connectivity index (χ4v) is 2.71. The van der Waals surface area contributed by atoms with E-state index in [4.69, 9.17) is 9.15 Å². The fourth-order valence-electron chi connectivity index (χ4n) is 2.71.